The molecule has 0 aromatic heterocycles. The highest BCUT2D eigenvalue weighted by atomic mass is 16.3. The van der Waals surface area contributed by atoms with Crippen LogP contribution in [-0.2, 0) is 0 Å². The maximum atomic E-state index is 9.26. The Hall–Kier alpha value is -0.160. The van der Waals surface area contributed by atoms with E-state index in [-0.39, 0.29) is 0 Å². The minimum atomic E-state index is -0.578. The maximum absolute atomic E-state index is 9.26. The van der Waals surface area contributed by atoms with Gasteiger partial charge in [-0.15, -0.1) is 0 Å². The highest BCUT2D eigenvalue weighted by Gasteiger charge is 2.31. The van der Waals surface area contributed by atoms with Crippen LogP contribution < -0.4 is 5.73 Å². The molecular weight excluding hydrogens is 156 g/mol. The number of aliphatic hydroxyl groups excluding tert-OH is 2. The summed E-state index contributed by atoms with van der Waals surface area (Å²) in [4.78, 5) is 2.07. The number of likely N-dealkylation sites (tertiary alicyclic amines) is 1. The van der Waals surface area contributed by atoms with Gasteiger partial charge in [0.25, 0.3) is 0 Å². The molecule has 3 atom stereocenters. The van der Waals surface area contributed by atoms with Gasteiger partial charge in [-0.1, -0.05) is 0 Å². The molecular formula is C8H18N2O2. The summed E-state index contributed by atoms with van der Waals surface area (Å²) in [5.41, 5.74) is 5.41. The minimum Gasteiger partial charge on any atom is -0.389 e. The van der Waals surface area contributed by atoms with Crippen LogP contribution in [0.1, 0.15) is 13.3 Å². The van der Waals surface area contributed by atoms with Crippen LogP contribution in [0.3, 0.4) is 0 Å². The molecule has 1 heterocycles. The zero-order valence-corrected chi connectivity index (χ0v) is 7.48. The molecule has 4 heteroatoms. The molecule has 0 aliphatic carbocycles. The van der Waals surface area contributed by atoms with Gasteiger partial charge in [0.05, 0.1) is 12.2 Å². The molecule has 1 saturated heterocycles. The maximum Gasteiger partial charge on any atom is 0.0938 e. The topological polar surface area (TPSA) is 69.7 Å². The highest BCUT2D eigenvalue weighted by molar-refractivity contribution is 4.85. The van der Waals surface area contributed by atoms with Crippen LogP contribution in [-0.4, -0.2) is 53.0 Å². The second kappa shape index (κ2) is 4.18. The van der Waals surface area contributed by atoms with E-state index in [1.54, 1.807) is 0 Å². The van der Waals surface area contributed by atoms with Gasteiger partial charge in [0.2, 0.25) is 0 Å². The predicted molar refractivity (Wildman–Crippen MR) is 46.7 cm³/mol. The molecule has 3 unspecified atom stereocenters. The first-order valence-electron chi connectivity index (χ1n) is 4.45. The van der Waals surface area contributed by atoms with Crippen molar-refractivity contribution in [2.45, 2.75) is 31.6 Å². The Morgan fingerprint density at radius 3 is 2.33 bits per heavy atom. The Kier molecular flexibility index (Phi) is 3.46. The van der Waals surface area contributed by atoms with Crippen LogP contribution in [0.4, 0.5) is 0 Å². The van der Waals surface area contributed by atoms with Crippen molar-refractivity contribution in [3.8, 4) is 0 Å². The van der Waals surface area contributed by atoms with Crippen molar-refractivity contribution < 1.29 is 10.2 Å². The Morgan fingerprint density at radius 2 is 1.92 bits per heavy atom. The molecule has 4 nitrogen and oxygen atoms in total. The van der Waals surface area contributed by atoms with Gasteiger partial charge < -0.3 is 15.9 Å². The molecule has 4 N–H and O–H groups in total. The van der Waals surface area contributed by atoms with Gasteiger partial charge in [0.15, 0.2) is 0 Å². The largest absolute Gasteiger partial charge is 0.389 e. The molecule has 0 spiro atoms. The predicted octanol–water partition coefficient (Wildman–Crippen LogP) is -1.24. The van der Waals surface area contributed by atoms with E-state index in [9.17, 15) is 10.2 Å². The molecule has 12 heavy (non-hydrogen) atoms. The highest BCUT2D eigenvalue weighted by Crippen LogP contribution is 2.14. The van der Waals surface area contributed by atoms with Gasteiger partial charge in [0.1, 0.15) is 0 Å². The van der Waals surface area contributed by atoms with E-state index in [0.717, 1.165) is 6.42 Å². The zero-order valence-electron chi connectivity index (χ0n) is 7.48. The third-order valence-electron chi connectivity index (χ3n) is 2.50. The normalized spacial score (nSPS) is 34.0. The number of nitrogens with zero attached hydrogens (tertiary/aromatic N) is 1. The summed E-state index contributed by atoms with van der Waals surface area (Å²) in [6.07, 6.45) is -0.241. The van der Waals surface area contributed by atoms with Crippen LogP contribution in [0.15, 0.2) is 0 Å². The van der Waals surface area contributed by atoms with E-state index in [0.29, 0.717) is 25.7 Å². The number of β-amino-alcohol motifs (C(OH)–C–C–N with tert-alkyl or cyclic N) is 2. The third-order valence-corrected chi connectivity index (χ3v) is 2.50. The number of aliphatic hydroxyl groups is 2. The summed E-state index contributed by atoms with van der Waals surface area (Å²) in [7, 11) is 0. The van der Waals surface area contributed by atoms with Crippen molar-refractivity contribution in [2.75, 3.05) is 19.6 Å². The molecule has 1 aliphatic rings. The molecule has 0 aromatic rings. The monoisotopic (exact) mass is 174 g/mol. The lowest BCUT2D eigenvalue weighted by Gasteiger charge is -2.22. The summed E-state index contributed by atoms with van der Waals surface area (Å²) in [5, 5.41) is 18.5. The van der Waals surface area contributed by atoms with Gasteiger partial charge in [0, 0.05) is 19.1 Å². The van der Waals surface area contributed by atoms with Gasteiger partial charge in [-0.05, 0) is 19.9 Å². The second-order valence-corrected chi connectivity index (χ2v) is 3.51. The average molecular weight is 174 g/mol. The van der Waals surface area contributed by atoms with E-state index in [4.69, 9.17) is 5.73 Å². The first kappa shape index (κ1) is 9.92. The minimum absolute atomic E-state index is 0.363. The van der Waals surface area contributed by atoms with E-state index in [1.165, 1.54) is 0 Å². The molecule has 0 saturated carbocycles. The summed E-state index contributed by atoms with van der Waals surface area (Å²) >= 11 is 0. The summed E-state index contributed by atoms with van der Waals surface area (Å²) in [6.45, 7) is 3.87. The first-order chi connectivity index (χ1) is 5.65. The standard InChI is InChI=1S/C8H18N2O2/c1-6(2-3-9)10-4-7(11)8(12)5-10/h6-8,11-12H,2-5,9H2,1H3. The fourth-order valence-corrected chi connectivity index (χ4v) is 1.58. The lowest BCUT2D eigenvalue weighted by atomic mass is 10.2. The number of hydrogen-bond acceptors (Lipinski definition) is 4. The Bertz CT molecular complexity index is 133. The lowest BCUT2D eigenvalue weighted by molar-refractivity contribution is 0.0572. The molecule has 0 aromatic carbocycles. The lowest BCUT2D eigenvalue weighted by Crippen LogP contribution is -2.33. The smallest absolute Gasteiger partial charge is 0.0938 e. The van der Waals surface area contributed by atoms with Crippen LogP contribution in [0.2, 0.25) is 0 Å². The van der Waals surface area contributed by atoms with E-state index in [1.807, 2.05) is 0 Å². The molecule has 0 amide bonds. The van der Waals surface area contributed by atoms with E-state index >= 15 is 0 Å². The van der Waals surface area contributed by atoms with Gasteiger partial charge in [-0.2, -0.15) is 0 Å². The van der Waals surface area contributed by atoms with Gasteiger partial charge in [-0.3, -0.25) is 4.90 Å². The van der Waals surface area contributed by atoms with Crippen molar-refractivity contribution in [1.82, 2.24) is 4.90 Å². The summed E-state index contributed by atoms with van der Waals surface area (Å²) in [6, 6.07) is 0.363. The van der Waals surface area contributed by atoms with Crippen molar-refractivity contribution >= 4 is 0 Å². The Balaban J connectivity index is 2.35. The average Bonchev–Trinajstić information content (AvgIpc) is 2.33. The van der Waals surface area contributed by atoms with E-state index in [2.05, 4.69) is 11.8 Å². The van der Waals surface area contributed by atoms with Crippen molar-refractivity contribution in [3.05, 3.63) is 0 Å². The number of rotatable bonds is 3. The fourth-order valence-electron chi connectivity index (χ4n) is 1.58. The third kappa shape index (κ3) is 2.17. The van der Waals surface area contributed by atoms with Crippen molar-refractivity contribution in [3.63, 3.8) is 0 Å². The number of hydrogen-bond donors (Lipinski definition) is 3. The zero-order chi connectivity index (χ0) is 9.14. The summed E-state index contributed by atoms with van der Waals surface area (Å²) < 4.78 is 0. The Labute approximate surface area is 73.0 Å². The second-order valence-electron chi connectivity index (χ2n) is 3.51. The fraction of sp³-hybridized carbons (Fsp3) is 1.00. The quantitative estimate of drug-likeness (QED) is 0.500. The van der Waals surface area contributed by atoms with E-state index < -0.39 is 12.2 Å². The molecule has 0 bridgehead atoms. The van der Waals surface area contributed by atoms with Crippen LogP contribution >= 0.6 is 0 Å². The molecule has 1 fully saturated rings. The molecule has 0 radical (unpaired) electrons. The molecule has 72 valence electrons. The summed E-state index contributed by atoms with van der Waals surface area (Å²) in [5.74, 6) is 0. The van der Waals surface area contributed by atoms with Crippen LogP contribution in [0.25, 0.3) is 0 Å². The van der Waals surface area contributed by atoms with Crippen molar-refractivity contribution in [2.24, 2.45) is 5.73 Å². The van der Waals surface area contributed by atoms with Crippen LogP contribution in [0.5, 0.6) is 0 Å². The molecule has 1 aliphatic heterocycles. The number of nitrogens with two attached hydrogens (primary N) is 1. The Morgan fingerprint density at radius 1 is 1.42 bits per heavy atom. The SMILES string of the molecule is CC(CCN)N1CC(O)C(O)C1. The van der Waals surface area contributed by atoms with Crippen LogP contribution in [0, 0.1) is 0 Å². The van der Waals surface area contributed by atoms with Crippen molar-refractivity contribution in [1.29, 1.82) is 0 Å². The molecule has 1 rings (SSSR count). The van der Waals surface area contributed by atoms with Gasteiger partial charge >= 0.3 is 0 Å². The van der Waals surface area contributed by atoms with Gasteiger partial charge in [-0.25, -0.2) is 0 Å². The first-order valence-corrected chi connectivity index (χ1v) is 4.45.